The molecule has 1 aliphatic carbocycles. The topological polar surface area (TPSA) is 74.8 Å². The highest BCUT2D eigenvalue weighted by Crippen LogP contribution is 2.20. The molecule has 0 unspecified atom stereocenters. The Hall–Kier alpha value is -2.14. The van der Waals surface area contributed by atoms with Crippen LogP contribution >= 0.6 is 11.6 Å². The van der Waals surface area contributed by atoms with E-state index in [9.17, 15) is 9.59 Å². The number of aromatic amines is 1. The number of carbonyl (C=O) groups excluding carboxylic acids is 1. The van der Waals surface area contributed by atoms with E-state index in [0.29, 0.717) is 10.7 Å². The molecular weight excluding hydrogens is 302 g/mol. The number of carbonyl (C=O) groups is 1. The lowest BCUT2D eigenvalue weighted by Gasteiger charge is -2.12. The van der Waals surface area contributed by atoms with Crippen LogP contribution in [-0.4, -0.2) is 21.9 Å². The van der Waals surface area contributed by atoms with Crippen molar-refractivity contribution in [3.63, 3.8) is 0 Å². The molecule has 1 aromatic carbocycles. The Morgan fingerprint density at radius 2 is 1.91 bits per heavy atom. The number of halogens is 1. The van der Waals surface area contributed by atoms with Gasteiger partial charge in [0.15, 0.2) is 0 Å². The Balaban J connectivity index is 1.87. The second-order valence-electron chi connectivity index (χ2n) is 5.45. The summed E-state index contributed by atoms with van der Waals surface area (Å²) in [7, 11) is 0. The van der Waals surface area contributed by atoms with Crippen LogP contribution in [0.4, 0.5) is 0 Å². The molecule has 2 aromatic rings. The average molecular weight is 318 g/mol. The van der Waals surface area contributed by atoms with Crippen LogP contribution in [0.2, 0.25) is 5.02 Å². The molecule has 0 radical (unpaired) electrons. The van der Waals surface area contributed by atoms with Crippen LogP contribution in [0.25, 0.3) is 11.3 Å². The fourth-order valence-corrected chi connectivity index (χ4v) is 2.81. The van der Waals surface area contributed by atoms with Crippen molar-refractivity contribution in [2.24, 2.45) is 0 Å². The van der Waals surface area contributed by atoms with Gasteiger partial charge in [-0.15, -0.1) is 0 Å². The number of hydrogen-bond acceptors (Lipinski definition) is 3. The second kappa shape index (κ2) is 6.32. The third kappa shape index (κ3) is 3.36. The minimum Gasteiger partial charge on any atom is -0.348 e. The highest BCUT2D eigenvalue weighted by Gasteiger charge is 2.19. The van der Waals surface area contributed by atoms with Crippen LogP contribution in [0.15, 0.2) is 35.1 Å². The van der Waals surface area contributed by atoms with Gasteiger partial charge < -0.3 is 10.3 Å². The standard InChI is InChI=1S/C16H16ClN3O2/c17-11-7-5-10(6-8-11)13-9-14(20-16(22)19-13)15(21)18-12-3-1-2-4-12/h5-9,12H,1-4H2,(H,18,21)(H,19,20,22). The zero-order valence-corrected chi connectivity index (χ0v) is 12.7. The molecule has 1 amide bonds. The first-order chi connectivity index (χ1) is 10.6. The molecule has 22 heavy (non-hydrogen) atoms. The van der Waals surface area contributed by atoms with E-state index in [1.54, 1.807) is 30.3 Å². The third-order valence-electron chi connectivity index (χ3n) is 3.82. The van der Waals surface area contributed by atoms with Gasteiger partial charge in [0, 0.05) is 16.6 Å². The quantitative estimate of drug-likeness (QED) is 0.914. The lowest BCUT2D eigenvalue weighted by molar-refractivity contribution is 0.0932. The molecule has 0 spiro atoms. The van der Waals surface area contributed by atoms with Gasteiger partial charge in [0.25, 0.3) is 5.91 Å². The maximum atomic E-state index is 12.3. The zero-order chi connectivity index (χ0) is 15.5. The smallest absolute Gasteiger partial charge is 0.346 e. The molecule has 2 N–H and O–H groups in total. The van der Waals surface area contributed by atoms with Crippen LogP contribution in [0.5, 0.6) is 0 Å². The van der Waals surface area contributed by atoms with Crippen molar-refractivity contribution >= 4 is 17.5 Å². The maximum absolute atomic E-state index is 12.3. The van der Waals surface area contributed by atoms with Crippen LogP contribution in [0.1, 0.15) is 36.2 Å². The SMILES string of the molecule is O=C(NC1CCCC1)c1cc(-c2ccc(Cl)cc2)nc(=O)[nH]1. The van der Waals surface area contributed by atoms with E-state index in [1.807, 2.05) is 0 Å². The normalized spacial score (nSPS) is 15.0. The van der Waals surface area contributed by atoms with Gasteiger partial charge in [-0.2, -0.15) is 4.98 Å². The van der Waals surface area contributed by atoms with Crippen LogP contribution < -0.4 is 11.0 Å². The number of H-pyrrole nitrogens is 1. The Morgan fingerprint density at radius 3 is 2.59 bits per heavy atom. The largest absolute Gasteiger partial charge is 0.348 e. The molecule has 6 heteroatoms. The predicted molar refractivity (Wildman–Crippen MR) is 85.0 cm³/mol. The van der Waals surface area contributed by atoms with Crippen molar-refractivity contribution < 1.29 is 4.79 Å². The van der Waals surface area contributed by atoms with E-state index >= 15 is 0 Å². The number of benzene rings is 1. The minimum absolute atomic E-state index is 0.197. The summed E-state index contributed by atoms with van der Waals surface area (Å²) in [6.45, 7) is 0. The van der Waals surface area contributed by atoms with Gasteiger partial charge in [-0.1, -0.05) is 36.6 Å². The fraction of sp³-hybridized carbons (Fsp3) is 0.312. The van der Waals surface area contributed by atoms with Crippen LogP contribution in [0, 0.1) is 0 Å². The van der Waals surface area contributed by atoms with Crippen molar-refractivity contribution in [3.05, 3.63) is 51.5 Å². The minimum atomic E-state index is -0.538. The average Bonchev–Trinajstić information content (AvgIpc) is 3.00. The summed E-state index contributed by atoms with van der Waals surface area (Å²) >= 11 is 5.85. The van der Waals surface area contributed by atoms with Gasteiger partial charge in [-0.25, -0.2) is 4.79 Å². The first-order valence-electron chi connectivity index (χ1n) is 7.30. The highest BCUT2D eigenvalue weighted by molar-refractivity contribution is 6.30. The summed E-state index contributed by atoms with van der Waals surface area (Å²) in [4.78, 5) is 30.4. The highest BCUT2D eigenvalue weighted by atomic mass is 35.5. The number of amides is 1. The van der Waals surface area contributed by atoms with Gasteiger partial charge in [0.05, 0.1) is 5.69 Å². The molecule has 1 aliphatic rings. The number of nitrogens with zero attached hydrogens (tertiary/aromatic N) is 1. The van der Waals surface area contributed by atoms with Crippen molar-refractivity contribution in [1.82, 2.24) is 15.3 Å². The van der Waals surface area contributed by atoms with Crippen molar-refractivity contribution in [2.75, 3.05) is 0 Å². The molecule has 1 fully saturated rings. The Labute approximate surface area is 132 Å². The predicted octanol–water partition coefficient (Wildman–Crippen LogP) is 2.76. The molecule has 1 aromatic heterocycles. The lowest BCUT2D eigenvalue weighted by atomic mass is 10.1. The van der Waals surface area contributed by atoms with Gasteiger partial charge in [-0.05, 0) is 31.0 Å². The Bertz CT molecular complexity index is 734. The monoisotopic (exact) mass is 317 g/mol. The first kappa shape index (κ1) is 14.8. The molecule has 114 valence electrons. The van der Waals surface area contributed by atoms with E-state index in [2.05, 4.69) is 15.3 Å². The van der Waals surface area contributed by atoms with Crippen molar-refractivity contribution in [2.45, 2.75) is 31.7 Å². The molecule has 1 saturated carbocycles. The maximum Gasteiger partial charge on any atom is 0.346 e. The van der Waals surface area contributed by atoms with E-state index in [-0.39, 0.29) is 17.6 Å². The summed E-state index contributed by atoms with van der Waals surface area (Å²) in [5, 5.41) is 3.56. The van der Waals surface area contributed by atoms with Gasteiger partial charge >= 0.3 is 5.69 Å². The number of hydrogen-bond donors (Lipinski definition) is 2. The molecule has 3 rings (SSSR count). The van der Waals surface area contributed by atoms with Crippen molar-refractivity contribution in [3.8, 4) is 11.3 Å². The number of rotatable bonds is 3. The van der Waals surface area contributed by atoms with Crippen LogP contribution in [0.3, 0.4) is 0 Å². The Kier molecular flexibility index (Phi) is 4.24. The summed E-state index contributed by atoms with van der Waals surface area (Å²) in [6, 6.07) is 8.76. The molecule has 1 heterocycles. The summed E-state index contributed by atoms with van der Waals surface area (Å²) in [5.74, 6) is -0.262. The molecular formula is C16H16ClN3O2. The van der Waals surface area contributed by atoms with Crippen molar-refractivity contribution in [1.29, 1.82) is 0 Å². The number of aromatic nitrogens is 2. The molecule has 0 saturated heterocycles. The van der Waals surface area contributed by atoms with Gasteiger partial charge in [0.2, 0.25) is 0 Å². The Morgan fingerprint density at radius 1 is 1.23 bits per heavy atom. The number of nitrogens with one attached hydrogen (secondary N) is 2. The lowest BCUT2D eigenvalue weighted by Crippen LogP contribution is -2.34. The summed E-state index contributed by atoms with van der Waals surface area (Å²) < 4.78 is 0. The molecule has 0 aliphatic heterocycles. The second-order valence-corrected chi connectivity index (χ2v) is 5.88. The zero-order valence-electron chi connectivity index (χ0n) is 11.9. The third-order valence-corrected chi connectivity index (χ3v) is 4.07. The summed E-state index contributed by atoms with van der Waals surface area (Å²) in [6.07, 6.45) is 4.25. The summed E-state index contributed by atoms with van der Waals surface area (Å²) in [5.41, 5.74) is 0.892. The van der Waals surface area contributed by atoms with Gasteiger partial charge in [0.1, 0.15) is 5.69 Å². The van der Waals surface area contributed by atoms with E-state index in [1.165, 1.54) is 0 Å². The molecule has 0 atom stereocenters. The van der Waals surface area contributed by atoms with E-state index < -0.39 is 5.69 Å². The molecule has 0 bridgehead atoms. The van der Waals surface area contributed by atoms with Crippen LogP contribution in [-0.2, 0) is 0 Å². The first-order valence-corrected chi connectivity index (χ1v) is 7.68. The fourth-order valence-electron chi connectivity index (χ4n) is 2.68. The molecule has 5 nitrogen and oxygen atoms in total. The van der Waals surface area contributed by atoms with Gasteiger partial charge in [-0.3, -0.25) is 4.79 Å². The van der Waals surface area contributed by atoms with E-state index in [0.717, 1.165) is 31.2 Å². The van der Waals surface area contributed by atoms with E-state index in [4.69, 9.17) is 11.6 Å².